The molecule has 152 valence electrons. The Morgan fingerprint density at radius 3 is 1.41 bits per heavy atom. The molecule has 4 aromatic carbocycles. The van der Waals surface area contributed by atoms with E-state index in [-0.39, 0.29) is 0 Å². The molecule has 0 unspecified atom stereocenters. The fourth-order valence-corrected chi connectivity index (χ4v) is 9.04. The van der Waals surface area contributed by atoms with E-state index in [1.165, 1.54) is 73.7 Å². The average molecular weight is 540 g/mol. The molecular weight excluding hydrogens is 522 g/mol. The molecule has 0 aliphatic heterocycles. The number of aryl methyl sites for hydroxylation is 2. The van der Waals surface area contributed by atoms with E-state index < -0.39 is 0 Å². The Hall–Kier alpha value is -2.74. The van der Waals surface area contributed by atoms with Gasteiger partial charge in [-0.2, -0.15) is 0 Å². The van der Waals surface area contributed by atoms with Crippen LogP contribution in [0.2, 0.25) is 0 Å². The Morgan fingerprint density at radius 1 is 0.500 bits per heavy atom. The molecule has 8 aromatic rings. The average Bonchev–Trinajstić information content (AvgIpc) is 3.55. The van der Waals surface area contributed by atoms with Crippen LogP contribution < -0.4 is 0 Å². The third kappa shape index (κ3) is 2.16. The van der Waals surface area contributed by atoms with Gasteiger partial charge in [0.1, 0.15) is 0 Å². The van der Waals surface area contributed by atoms with E-state index in [0.29, 0.717) is 29.0 Å². The zero-order valence-electron chi connectivity index (χ0n) is 17.6. The van der Waals surface area contributed by atoms with Crippen molar-refractivity contribution >= 4 is 103 Å². The molecule has 2 nitrogen and oxygen atoms in total. The number of aromatic nitrogens is 2. The second-order valence-electron chi connectivity index (χ2n) is 8.87. The van der Waals surface area contributed by atoms with E-state index in [4.69, 9.17) is 0 Å². The van der Waals surface area contributed by atoms with Crippen molar-refractivity contribution in [3.63, 3.8) is 0 Å². The summed E-state index contributed by atoms with van der Waals surface area (Å²) < 4.78 is 7.82. The van der Waals surface area contributed by atoms with E-state index in [9.17, 15) is 0 Å². The molecule has 0 fully saturated rings. The molecule has 0 N–H and O–H groups in total. The van der Waals surface area contributed by atoms with E-state index in [2.05, 4.69) is 93.8 Å². The number of nitrogens with zero attached hydrogens (tertiary/aromatic N) is 2. The molecular formula is C28H18N2Se2. The molecule has 0 amide bonds. The molecule has 0 spiro atoms. The van der Waals surface area contributed by atoms with Gasteiger partial charge in [-0.15, -0.1) is 0 Å². The van der Waals surface area contributed by atoms with Gasteiger partial charge in [-0.1, -0.05) is 0 Å². The number of rotatable bonds is 0. The van der Waals surface area contributed by atoms with Gasteiger partial charge >= 0.3 is 196 Å². The number of benzene rings is 4. The summed E-state index contributed by atoms with van der Waals surface area (Å²) in [6, 6.07) is 23.7. The monoisotopic (exact) mass is 542 g/mol. The summed E-state index contributed by atoms with van der Waals surface area (Å²) in [5.41, 5.74) is 5.31. The van der Waals surface area contributed by atoms with Gasteiger partial charge in [-0.05, 0) is 0 Å². The van der Waals surface area contributed by atoms with Gasteiger partial charge in [-0.3, -0.25) is 0 Å². The molecule has 0 aliphatic rings. The Bertz CT molecular complexity index is 1910. The van der Waals surface area contributed by atoms with Gasteiger partial charge in [0, 0.05) is 0 Å². The first kappa shape index (κ1) is 17.8. The summed E-state index contributed by atoms with van der Waals surface area (Å²) in [7, 11) is 4.46. The van der Waals surface area contributed by atoms with Gasteiger partial charge in [0.05, 0.1) is 0 Å². The second-order valence-corrected chi connectivity index (χ2v) is 12.8. The van der Waals surface area contributed by atoms with Gasteiger partial charge in [0.2, 0.25) is 0 Å². The SMILES string of the molecule is Cn1c2cc3cc4cc[se]c4cc3cc2c2c1c1cc3cc4[se]ccc4cc3cc1n2C. The molecule has 4 heterocycles. The van der Waals surface area contributed by atoms with Crippen LogP contribution in [0.15, 0.2) is 70.5 Å². The van der Waals surface area contributed by atoms with Crippen molar-refractivity contribution in [2.75, 3.05) is 0 Å². The van der Waals surface area contributed by atoms with E-state index >= 15 is 0 Å². The van der Waals surface area contributed by atoms with Gasteiger partial charge in [0.15, 0.2) is 0 Å². The van der Waals surface area contributed by atoms with Gasteiger partial charge in [-0.25, -0.2) is 0 Å². The fourth-order valence-electron chi connectivity index (χ4n) is 5.60. The van der Waals surface area contributed by atoms with E-state index in [1.807, 2.05) is 0 Å². The molecule has 32 heavy (non-hydrogen) atoms. The predicted molar refractivity (Wildman–Crippen MR) is 141 cm³/mol. The summed E-state index contributed by atoms with van der Waals surface area (Å²) in [4.78, 5) is 4.66. The molecule has 8 rings (SSSR count). The Labute approximate surface area is 195 Å². The first-order valence-electron chi connectivity index (χ1n) is 10.8. The maximum absolute atomic E-state index is 2.42. The van der Waals surface area contributed by atoms with Crippen LogP contribution in [-0.4, -0.2) is 38.1 Å². The summed E-state index contributed by atoms with van der Waals surface area (Å²) in [5, 5.41) is 10.9. The second kappa shape index (κ2) is 5.98. The summed E-state index contributed by atoms with van der Waals surface area (Å²) in [6.07, 6.45) is 0. The molecule has 0 aliphatic carbocycles. The Kier molecular flexibility index (Phi) is 3.32. The van der Waals surface area contributed by atoms with Crippen LogP contribution in [0.1, 0.15) is 0 Å². The first-order valence-corrected chi connectivity index (χ1v) is 14.5. The van der Waals surface area contributed by atoms with Crippen LogP contribution in [0.5, 0.6) is 0 Å². The molecule has 0 saturated carbocycles. The van der Waals surface area contributed by atoms with E-state index in [0.717, 1.165) is 0 Å². The standard InChI is InChI=1S/C28H18N2Se2/c1-29-23-11-17-7-15-3-5-31-25(15)13-19(17)9-21(23)28-27(29)22-10-20-14-26-16(4-6-32-26)8-18(20)12-24(22)30(28)2/h3-14H,1-2H3. The number of fused-ring (bicyclic) bond motifs is 9. The quantitative estimate of drug-likeness (QED) is 0.193. The van der Waals surface area contributed by atoms with Crippen LogP contribution >= 0.6 is 0 Å². The van der Waals surface area contributed by atoms with Gasteiger partial charge < -0.3 is 0 Å². The van der Waals surface area contributed by atoms with Crippen molar-refractivity contribution < 1.29 is 0 Å². The van der Waals surface area contributed by atoms with Crippen LogP contribution in [-0.2, 0) is 14.1 Å². The zero-order valence-corrected chi connectivity index (χ0v) is 21.1. The number of hydrogen-bond acceptors (Lipinski definition) is 0. The van der Waals surface area contributed by atoms with E-state index in [1.54, 1.807) is 0 Å². The third-order valence-corrected chi connectivity index (χ3v) is 10.9. The minimum absolute atomic E-state index is 0.473. The van der Waals surface area contributed by atoms with Crippen molar-refractivity contribution in [3.05, 3.63) is 70.5 Å². The minimum atomic E-state index is 0.473. The summed E-state index contributed by atoms with van der Waals surface area (Å²) in [5.74, 6) is 0. The maximum atomic E-state index is 2.42. The van der Waals surface area contributed by atoms with Crippen molar-refractivity contribution in [2.24, 2.45) is 14.1 Å². The molecule has 0 atom stereocenters. The Balaban J connectivity index is 1.56. The number of hydrogen-bond donors (Lipinski definition) is 0. The Morgan fingerprint density at radius 2 is 0.938 bits per heavy atom. The van der Waals surface area contributed by atoms with Crippen molar-refractivity contribution in [1.82, 2.24) is 9.13 Å². The van der Waals surface area contributed by atoms with Crippen molar-refractivity contribution in [1.29, 1.82) is 0 Å². The van der Waals surface area contributed by atoms with Crippen LogP contribution in [0.25, 0.3) is 73.7 Å². The van der Waals surface area contributed by atoms with Crippen molar-refractivity contribution in [2.45, 2.75) is 0 Å². The molecule has 0 radical (unpaired) electrons. The molecule has 0 bridgehead atoms. The molecule has 4 heteroatoms. The topological polar surface area (TPSA) is 9.86 Å². The van der Waals surface area contributed by atoms with Crippen molar-refractivity contribution in [3.8, 4) is 0 Å². The van der Waals surface area contributed by atoms with Gasteiger partial charge in [0.25, 0.3) is 0 Å². The normalized spacial score (nSPS) is 12.7. The van der Waals surface area contributed by atoms with Crippen LogP contribution in [0.4, 0.5) is 0 Å². The summed E-state index contributed by atoms with van der Waals surface area (Å²) >= 11 is 0.946. The third-order valence-electron chi connectivity index (χ3n) is 7.18. The molecule has 0 saturated heterocycles. The van der Waals surface area contributed by atoms with Crippen LogP contribution in [0.3, 0.4) is 0 Å². The first-order chi connectivity index (χ1) is 15.7. The molecule has 4 aromatic heterocycles. The predicted octanol–water partition coefficient (Wildman–Crippen LogP) is 6.55. The van der Waals surface area contributed by atoms with Crippen LogP contribution in [0, 0.1) is 0 Å². The zero-order chi connectivity index (χ0) is 21.1. The fraction of sp³-hybridized carbons (Fsp3) is 0.0714. The summed E-state index contributed by atoms with van der Waals surface area (Å²) in [6.45, 7) is 0.